The molecule has 2 aromatic heterocycles. The van der Waals surface area contributed by atoms with Crippen molar-refractivity contribution < 1.29 is 14.1 Å². The lowest BCUT2D eigenvalue weighted by molar-refractivity contribution is -0.121. The van der Waals surface area contributed by atoms with Gasteiger partial charge in [0.1, 0.15) is 12.3 Å². The highest BCUT2D eigenvalue weighted by molar-refractivity contribution is 6.02. The second kappa shape index (κ2) is 6.53. The van der Waals surface area contributed by atoms with Crippen LogP contribution in [0.4, 0.5) is 5.69 Å². The van der Waals surface area contributed by atoms with Crippen LogP contribution < -0.4 is 4.90 Å². The average Bonchev–Trinajstić information content (AvgIpc) is 3.31. The molecular weight excluding hydrogens is 346 g/mol. The number of hydrogen-bond donors (Lipinski definition) is 1. The standard InChI is InChI=1S/C19H21N5O3/c1-11(2)17-7-16(22-27-17)19(26)23-10-18(25)24(9-12(23)3)14-5-4-13-8-20-21-15(13)6-14/h4-8,11-12H,9-10H2,1-3H3,(H,20,21)/t12-/m0/s1. The zero-order chi connectivity index (χ0) is 19.1. The highest BCUT2D eigenvalue weighted by Gasteiger charge is 2.35. The lowest BCUT2D eigenvalue weighted by atomic mass is 10.1. The van der Waals surface area contributed by atoms with Gasteiger partial charge in [-0.1, -0.05) is 19.0 Å². The van der Waals surface area contributed by atoms with Crippen molar-refractivity contribution in [3.05, 3.63) is 41.9 Å². The van der Waals surface area contributed by atoms with Crippen molar-refractivity contribution >= 4 is 28.4 Å². The number of anilines is 1. The third-order valence-corrected chi connectivity index (χ3v) is 4.90. The van der Waals surface area contributed by atoms with Crippen LogP contribution in [0.5, 0.6) is 0 Å². The van der Waals surface area contributed by atoms with Crippen LogP contribution in [0.2, 0.25) is 0 Å². The van der Waals surface area contributed by atoms with E-state index in [1.165, 1.54) is 0 Å². The smallest absolute Gasteiger partial charge is 0.276 e. The van der Waals surface area contributed by atoms with Gasteiger partial charge in [0.15, 0.2) is 5.69 Å². The van der Waals surface area contributed by atoms with E-state index in [0.29, 0.717) is 12.3 Å². The summed E-state index contributed by atoms with van der Waals surface area (Å²) in [4.78, 5) is 28.8. The molecule has 4 rings (SSSR count). The lowest BCUT2D eigenvalue weighted by Gasteiger charge is -2.39. The van der Waals surface area contributed by atoms with Gasteiger partial charge in [0.25, 0.3) is 5.91 Å². The van der Waals surface area contributed by atoms with Gasteiger partial charge in [0, 0.05) is 35.6 Å². The number of nitrogens with zero attached hydrogens (tertiary/aromatic N) is 4. The minimum absolute atomic E-state index is 0.00485. The number of piperazine rings is 1. The molecule has 1 saturated heterocycles. The molecule has 1 aromatic carbocycles. The highest BCUT2D eigenvalue weighted by atomic mass is 16.5. The fourth-order valence-electron chi connectivity index (χ4n) is 3.28. The molecule has 0 saturated carbocycles. The van der Waals surface area contributed by atoms with Crippen LogP contribution in [-0.4, -0.2) is 51.2 Å². The summed E-state index contributed by atoms with van der Waals surface area (Å²) in [6.45, 7) is 6.28. The van der Waals surface area contributed by atoms with Crippen molar-refractivity contribution in [2.24, 2.45) is 0 Å². The Labute approximate surface area is 156 Å². The number of carbonyl (C=O) groups excluding carboxylic acids is 2. The number of rotatable bonds is 3. The maximum Gasteiger partial charge on any atom is 0.276 e. The fourth-order valence-corrected chi connectivity index (χ4v) is 3.28. The zero-order valence-corrected chi connectivity index (χ0v) is 15.5. The molecule has 0 radical (unpaired) electrons. The molecule has 0 unspecified atom stereocenters. The molecule has 8 heteroatoms. The number of amides is 2. The molecule has 3 heterocycles. The van der Waals surface area contributed by atoms with Crippen LogP contribution in [0.15, 0.2) is 35.0 Å². The maximum atomic E-state index is 12.8. The number of fused-ring (bicyclic) bond motifs is 1. The molecule has 27 heavy (non-hydrogen) atoms. The topological polar surface area (TPSA) is 95.3 Å². The number of aromatic amines is 1. The second-order valence-electron chi connectivity index (χ2n) is 7.20. The van der Waals surface area contributed by atoms with Gasteiger partial charge in [-0.3, -0.25) is 14.7 Å². The number of benzene rings is 1. The molecule has 1 aliphatic heterocycles. The predicted octanol–water partition coefficient (Wildman–Crippen LogP) is 2.55. The Bertz CT molecular complexity index is 1010. The van der Waals surface area contributed by atoms with Gasteiger partial charge in [-0.2, -0.15) is 5.10 Å². The van der Waals surface area contributed by atoms with Crippen molar-refractivity contribution in [1.29, 1.82) is 0 Å². The van der Waals surface area contributed by atoms with E-state index in [0.717, 1.165) is 16.6 Å². The Hall–Kier alpha value is -3.16. The Morgan fingerprint density at radius 2 is 2.15 bits per heavy atom. The summed E-state index contributed by atoms with van der Waals surface area (Å²) in [6.07, 6.45) is 1.74. The summed E-state index contributed by atoms with van der Waals surface area (Å²) in [7, 11) is 0. The molecule has 0 bridgehead atoms. The van der Waals surface area contributed by atoms with Gasteiger partial charge in [-0.05, 0) is 25.1 Å². The van der Waals surface area contributed by atoms with E-state index in [1.54, 1.807) is 22.1 Å². The van der Waals surface area contributed by atoms with Gasteiger partial charge < -0.3 is 14.3 Å². The summed E-state index contributed by atoms with van der Waals surface area (Å²) in [5.74, 6) is 0.388. The van der Waals surface area contributed by atoms with E-state index in [-0.39, 0.29) is 36.0 Å². The second-order valence-corrected chi connectivity index (χ2v) is 7.20. The Morgan fingerprint density at radius 1 is 1.33 bits per heavy atom. The van der Waals surface area contributed by atoms with Crippen molar-refractivity contribution in [2.75, 3.05) is 18.0 Å². The Morgan fingerprint density at radius 3 is 2.89 bits per heavy atom. The van der Waals surface area contributed by atoms with E-state index >= 15 is 0 Å². The fraction of sp³-hybridized carbons (Fsp3) is 0.368. The van der Waals surface area contributed by atoms with Gasteiger partial charge in [-0.25, -0.2) is 0 Å². The van der Waals surface area contributed by atoms with Crippen LogP contribution in [0.25, 0.3) is 10.9 Å². The van der Waals surface area contributed by atoms with E-state index in [4.69, 9.17) is 4.52 Å². The summed E-state index contributed by atoms with van der Waals surface area (Å²) in [5.41, 5.74) is 1.90. The average molecular weight is 367 g/mol. The van der Waals surface area contributed by atoms with Crippen LogP contribution in [0.1, 0.15) is 42.9 Å². The van der Waals surface area contributed by atoms with Gasteiger partial charge >= 0.3 is 0 Å². The molecule has 1 N–H and O–H groups in total. The van der Waals surface area contributed by atoms with Crippen molar-refractivity contribution in [2.45, 2.75) is 32.7 Å². The molecule has 140 valence electrons. The minimum atomic E-state index is -0.282. The largest absolute Gasteiger partial charge is 0.360 e. The van der Waals surface area contributed by atoms with Crippen LogP contribution >= 0.6 is 0 Å². The first-order valence-corrected chi connectivity index (χ1v) is 8.95. The number of carbonyl (C=O) groups is 2. The summed E-state index contributed by atoms with van der Waals surface area (Å²) in [6, 6.07) is 7.23. The number of H-pyrrole nitrogens is 1. The van der Waals surface area contributed by atoms with Crippen molar-refractivity contribution in [1.82, 2.24) is 20.3 Å². The Balaban J connectivity index is 1.54. The summed E-state index contributed by atoms with van der Waals surface area (Å²) < 4.78 is 5.22. The SMILES string of the molecule is CC(C)c1cc(C(=O)N2CC(=O)N(c3ccc4cn[nH]c4c3)C[C@@H]2C)no1. The van der Waals surface area contributed by atoms with Crippen LogP contribution in [-0.2, 0) is 4.79 Å². The molecule has 0 spiro atoms. The quantitative estimate of drug-likeness (QED) is 0.767. The minimum Gasteiger partial charge on any atom is -0.360 e. The van der Waals surface area contributed by atoms with Crippen molar-refractivity contribution in [3.8, 4) is 0 Å². The third kappa shape index (κ3) is 3.07. The van der Waals surface area contributed by atoms with E-state index in [9.17, 15) is 9.59 Å². The zero-order valence-electron chi connectivity index (χ0n) is 15.5. The lowest BCUT2D eigenvalue weighted by Crippen LogP contribution is -2.57. The molecule has 1 aliphatic rings. The van der Waals surface area contributed by atoms with Gasteiger partial charge in [0.2, 0.25) is 5.91 Å². The number of nitrogens with one attached hydrogen (secondary N) is 1. The maximum absolute atomic E-state index is 12.8. The number of aromatic nitrogens is 3. The summed E-state index contributed by atoms with van der Waals surface area (Å²) in [5, 5.41) is 11.8. The molecule has 3 aromatic rings. The van der Waals surface area contributed by atoms with E-state index in [2.05, 4.69) is 15.4 Å². The van der Waals surface area contributed by atoms with E-state index in [1.807, 2.05) is 39.0 Å². The predicted molar refractivity (Wildman–Crippen MR) is 99.5 cm³/mol. The first kappa shape index (κ1) is 17.3. The molecular formula is C19H21N5O3. The van der Waals surface area contributed by atoms with E-state index < -0.39 is 0 Å². The van der Waals surface area contributed by atoms with Crippen LogP contribution in [0, 0.1) is 0 Å². The van der Waals surface area contributed by atoms with Gasteiger partial charge in [-0.15, -0.1) is 0 Å². The number of hydrogen-bond acceptors (Lipinski definition) is 5. The molecule has 1 atom stereocenters. The highest BCUT2D eigenvalue weighted by Crippen LogP contribution is 2.25. The van der Waals surface area contributed by atoms with Crippen LogP contribution in [0.3, 0.4) is 0 Å². The molecule has 0 aliphatic carbocycles. The third-order valence-electron chi connectivity index (χ3n) is 4.90. The molecule has 2 amide bonds. The monoisotopic (exact) mass is 367 g/mol. The summed E-state index contributed by atoms with van der Waals surface area (Å²) >= 11 is 0. The van der Waals surface area contributed by atoms with Crippen molar-refractivity contribution in [3.63, 3.8) is 0 Å². The Kier molecular flexibility index (Phi) is 4.18. The molecule has 1 fully saturated rings. The molecule has 8 nitrogen and oxygen atoms in total. The first-order chi connectivity index (χ1) is 12.9. The first-order valence-electron chi connectivity index (χ1n) is 8.95. The normalized spacial score (nSPS) is 17.9. The van der Waals surface area contributed by atoms with Gasteiger partial charge in [0.05, 0.1) is 11.7 Å².